The molecule has 2 aromatic carbocycles. The molecule has 11 nitrogen and oxygen atoms in total. The first-order chi connectivity index (χ1) is 17.9. The van der Waals surface area contributed by atoms with Crippen LogP contribution in [0.3, 0.4) is 0 Å². The summed E-state index contributed by atoms with van der Waals surface area (Å²) in [5.41, 5.74) is 5.91. The van der Waals surface area contributed by atoms with Gasteiger partial charge in [-0.1, -0.05) is 0 Å². The van der Waals surface area contributed by atoms with E-state index in [1.54, 1.807) is 37.3 Å². The molecule has 0 aliphatic heterocycles. The summed E-state index contributed by atoms with van der Waals surface area (Å²) in [5.74, 6) is -0.713. The summed E-state index contributed by atoms with van der Waals surface area (Å²) in [4.78, 5) is 23.4. The van der Waals surface area contributed by atoms with Gasteiger partial charge in [0.25, 0.3) is 5.95 Å². The van der Waals surface area contributed by atoms with Crippen LogP contribution >= 0.6 is 0 Å². The van der Waals surface area contributed by atoms with Gasteiger partial charge in [-0.05, 0) is 43.3 Å². The van der Waals surface area contributed by atoms with E-state index in [4.69, 9.17) is 20.6 Å². The number of rotatable bonds is 11. The number of nitrogens with zero attached hydrogens (tertiary/aromatic N) is 4. The number of nitrogen functional groups attached to an aromatic ring is 1. The second-order valence-electron chi connectivity index (χ2n) is 7.64. The Morgan fingerprint density at radius 2 is 1.95 bits per heavy atom. The first-order valence-corrected chi connectivity index (χ1v) is 11.2. The molecule has 0 fully saturated rings. The van der Waals surface area contributed by atoms with E-state index in [0.29, 0.717) is 11.3 Å². The van der Waals surface area contributed by atoms with Crippen molar-refractivity contribution in [3.63, 3.8) is 0 Å². The molecule has 1 atom stereocenters. The Hall–Kier alpha value is -4.81. The molecule has 0 aliphatic rings. The number of hydrogen-bond donors (Lipinski definition) is 4. The molecule has 13 heteroatoms. The predicted molar refractivity (Wildman–Crippen MR) is 132 cm³/mol. The van der Waals surface area contributed by atoms with Gasteiger partial charge in [-0.2, -0.15) is 0 Å². The summed E-state index contributed by atoms with van der Waals surface area (Å²) in [6, 6.07) is 9.75. The Morgan fingerprint density at radius 3 is 2.59 bits per heavy atom. The van der Waals surface area contributed by atoms with Crippen LogP contribution in [0.1, 0.15) is 29.9 Å². The van der Waals surface area contributed by atoms with Crippen LogP contribution in [0.5, 0.6) is 11.5 Å². The molecule has 0 amide bonds. The fourth-order valence-electron chi connectivity index (χ4n) is 3.52. The number of H-pyrrole nitrogens is 1. The third-order valence-electron chi connectivity index (χ3n) is 5.15. The number of nitrogens with two attached hydrogens (primary N) is 1. The van der Waals surface area contributed by atoms with Crippen LogP contribution in [0, 0.1) is 11.2 Å². The molecule has 37 heavy (non-hydrogen) atoms. The lowest BCUT2D eigenvalue weighted by molar-refractivity contribution is 0.268. The Kier molecular flexibility index (Phi) is 7.71. The molecule has 4 aromatic rings. The number of amidine groups is 1. The predicted octanol–water partition coefficient (Wildman–Crippen LogP) is 2.72. The standard InChI is InChI=1S/C24H24F2N8O3/c1-2-36-18-13-16(37-11-8-25)12-17(19(18)26)20(31-15-6-4-14(5-7-15)21(27)28)22-32-24(35)34(33-22)23-29-9-3-10-30-23/h3-7,9-10,12-13,20,31H,2,8,11H2,1H3,(H3,27,28)(H,32,33,35). The molecular formula is C24H24F2N8O3. The van der Waals surface area contributed by atoms with Gasteiger partial charge in [-0.25, -0.2) is 23.5 Å². The van der Waals surface area contributed by atoms with E-state index in [9.17, 15) is 9.18 Å². The van der Waals surface area contributed by atoms with E-state index in [-0.39, 0.29) is 47.9 Å². The van der Waals surface area contributed by atoms with E-state index in [1.807, 2.05) is 0 Å². The van der Waals surface area contributed by atoms with E-state index in [1.165, 1.54) is 24.5 Å². The Balaban J connectivity index is 1.84. The van der Waals surface area contributed by atoms with Crippen molar-refractivity contribution < 1.29 is 18.3 Å². The van der Waals surface area contributed by atoms with E-state index in [0.717, 1.165) is 4.68 Å². The topological polar surface area (TPSA) is 157 Å². The van der Waals surface area contributed by atoms with Gasteiger partial charge in [-0.15, -0.1) is 9.78 Å². The molecule has 192 valence electrons. The number of halogens is 2. The second-order valence-corrected chi connectivity index (χ2v) is 7.64. The molecule has 0 aliphatic carbocycles. The van der Waals surface area contributed by atoms with Crippen molar-refractivity contribution in [3.05, 3.63) is 88.1 Å². The van der Waals surface area contributed by atoms with Crippen LogP contribution in [0.25, 0.3) is 5.95 Å². The van der Waals surface area contributed by atoms with Crippen LogP contribution in [-0.4, -0.2) is 50.5 Å². The van der Waals surface area contributed by atoms with Crippen molar-refractivity contribution >= 4 is 11.5 Å². The van der Waals surface area contributed by atoms with Crippen molar-refractivity contribution in [2.45, 2.75) is 13.0 Å². The summed E-state index contributed by atoms with van der Waals surface area (Å²) >= 11 is 0. The quantitative estimate of drug-likeness (QED) is 0.177. The first-order valence-electron chi connectivity index (χ1n) is 11.2. The highest BCUT2D eigenvalue weighted by Gasteiger charge is 2.27. The lowest BCUT2D eigenvalue weighted by Gasteiger charge is -2.21. The maximum atomic E-state index is 15.7. The van der Waals surface area contributed by atoms with Crippen molar-refractivity contribution in [1.29, 1.82) is 5.41 Å². The number of aromatic nitrogens is 5. The minimum atomic E-state index is -1.06. The minimum absolute atomic E-state index is 0.0188. The highest BCUT2D eigenvalue weighted by atomic mass is 19.1. The van der Waals surface area contributed by atoms with Crippen molar-refractivity contribution in [2.24, 2.45) is 5.73 Å². The molecule has 0 spiro atoms. The fourth-order valence-corrected chi connectivity index (χ4v) is 3.52. The lowest BCUT2D eigenvalue weighted by Crippen LogP contribution is -2.18. The number of benzene rings is 2. The second kappa shape index (κ2) is 11.3. The lowest BCUT2D eigenvalue weighted by atomic mass is 10.0. The number of aromatic amines is 1. The maximum Gasteiger partial charge on any atom is 0.350 e. The number of nitrogens with one attached hydrogen (secondary N) is 3. The van der Waals surface area contributed by atoms with Crippen LogP contribution in [-0.2, 0) is 0 Å². The largest absolute Gasteiger partial charge is 0.491 e. The normalized spacial score (nSPS) is 11.6. The Bertz CT molecular complexity index is 1420. The van der Waals surface area contributed by atoms with Crippen LogP contribution in [0.4, 0.5) is 14.5 Å². The monoisotopic (exact) mass is 510 g/mol. The molecule has 4 rings (SSSR count). The van der Waals surface area contributed by atoms with Gasteiger partial charge in [0.1, 0.15) is 30.9 Å². The number of ether oxygens (including phenoxy) is 2. The van der Waals surface area contributed by atoms with E-state index < -0.39 is 24.2 Å². The molecule has 2 heterocycles. The smallest absolute Gasteiger partial charge is 0.350 e. The zero-order valence-electron chi connectivity index (χ0n) is 19.7. The summed E-state index contributed by atoms with van der Waals surface area (Å²) in [5, 5.41) is 15.0. The molecule has 0 saturated carbocycles. The molecular weight excluding hydrogens is 486 g/mol. The Labute approximate surface area is 209 Å². The average molecular weight is 511 g/mol. The molecule has 5 N–H and O–H groups in total. The van der Waals surface area contributed by atoms with Crippen molar-refractivity contribution in [1.82, 2.24) is 24.7 Å². The molecule has 2 aromatic heterocycles. The van der Waals surface area contributed by atoms with Crippen molar-refractivity contribution in [3.8, 4) is 17.4 Å². The van der Waals surface area contributed by atoms with Crippen molar-refractivity contribution in [2.75, 3.05) is 25.2 Å². The summed E-state index contributed by atoms with van der Waals surface area (Å²) in [6.45, 7) is 0.886. The zero-order valence-corrected chi connectivity index (χ0v) is 19.7. The van der Waals surface area contributed by atoms with Crippen LogP contribution < -0.4 is 26.2 Å². The zero-order chi connectivity index (χ0) is 26.4. The molecule has 0 radical (unpaired) electrons. The SMILES string of the molecule is CCOc1cc(OCCF)cc(C(Nc2ccc(C(=N)N)cc2)c2nn(-c3ncccn3)c(=O)[nH]2)c1F. The maximum absolute atomic E-state index is 15.7. The van der Waals surface area contributed by atoms with Gasteiger partial charge < -0.3 is 20.5 Å². The van der Waals surface area contributed by atoms with Gasteiger partial charge in [0.05, 0.1) is 6.61 Å². The average Bonchev–Trinajstić information content (AvgIpc) is 3.29. The van der Waals surface area contributed by atoms with Gasteiger partial charge in [0.15, 0.2) is 17.4 Å². The van der Waals surface area contributed by atoms with E-state index >= 15 is 4.39 Å². The number of hydrogen-bond acceptors (Lipinski definition) is 8. The van der Waals surface area contributed by atoms with Crippen LogP contribution in [0.15, 0.2) is 59.7 Å². The van der Waals surface area contributed by atoms with Gasteiger partial charge in [0.2, 0.25) is 0 Å². The third kappa shape index (κ3) is 5.72. The van der Waals surface area contributed by atoms with Gasteiger partial charge in [0, 0.05) is 35.3 Å². The molecule has 1 unspecified atom stereocenters. The van der Waals surface area contributed by atoms with Gasteiger partial charge in [-0.3, -0.25) is 10.4 Å². The highest BCUT2D eigenvalue weighted by molar-refractivity contribution is 5.95. The van der Waals surface area contributed by atoms with Crippen LogP contribution in [0.2, 0.25) is 0 Å². The fraction of sp³-hybridized carbons (Fsp3) is 0.208. The first kappa shape index (κ1) is 25.3. The summed E-state index contributed by atoms with van der Waals surface area (Å²) in [7, 11) is 0. The highest BCUT2D eigenvalue weighted by Crippen LogP contribution is 2.35. The number of alkyl halides is 1. The van der Waals surface area contributed by atoms with Gasteiger partial charge >= 0.3 is 5.69 Å². The molecule has 0 saturated heterocycles. The molecule has 0 bridgehead atoms. The third-order valence-corrected chi connectivity index (χ3v) is 5.15. The summed E-state index contributed by atoms with van der Waals surface area (Å²) in [6.07, 6.45) is 2.91. The minimum Gasteiger partial charge on any atom is -0.491 e. The van der Waals surface area contributed by atoms with E-state index in [2.05, 4.69) is 25.4 Å². The number of anilines is 1. The Morgan fingerprint density at radius 1 is 1.22 bits per heavy atom. The summed E-state index contributed by atoms with van der Waals surface area (Å²) < 4.78 is 40.3.